The number of carbonyl (C=O) groups excluding carboxylic acids is 1. The smallest absolute Gasteiger partial charge is 0.271 e. The Labute approximate surface area is 167 Å². The third-order valence-corrected chi connectivity index (χ3v) is 5.72. The van der Waals surface area contributed by atoms with Crippen molar-refractivity contribution in [3.05, 3.63) is 81.8 Å². The maximum absolute atomic E-state index is 13.2. The Morgan fingerprint density at radius 3 is 2.75 bits per heavy atom. The number of hydrogen-bond acceptors (Lipinski definition) is 5. The molecule has 1 N–H and O–H groups in total. The summed E-state index contributed by atoms with van der Waals surface area (Å²) in [4.78, 5) is 31.4. The van der Waals surface area contributed by atoms with Crippen molar-refractivity contribution in [2.75, 3.05) is 11.6 Å². The van der Waals surface area contributed by atoms with E-state index in [-0.39, 0.29) is 11.4 Å². The van der Waals surface area contributed by atoms with Crippen LogP contribution in [0.5, 0.6) is 0 Å². The van der Waals surface area contributed by atoms with E-state index < -0.39 is 11.5 Å². The second-order valence-corrected chi connectivity index (χ2v) is 7.63. The van der Waals surface area contributed by atoms with Gasteiger partial charge in [0.2, 0.25) is 0 Å². The third kappa shape index (κ3) is 3.44. The van der Waals surface area contributed by atoms with Gasteiger partial charge in [0.1, 0.15) is 11.4 Å². The van der Waals surface area contributed by atoms with Gasteiger partial charge in [-0.05, 0) is 54.3 Å². The number of nitrogens with one attached hydrogen (secondary N) is 1. The molecule has 28 heavy (non-hydrogen) atoms. The largest absolute Gasteiger partial charge is 0.322 e. The second-order valence-electron chi connectivity index (χ2n) is 5.91. The van der Waals surface area contributed by atoms with Gasteiger partial charge in [-0.15, -0.1) is 23.1 Å². The van der Waals surface area contributed by atoms with Gasteiger partial charge in [0.15, 0.2) is 4.96 Å². The molecule has 0 saturated heterocycles. The molecule has 4 rings (SSSR count). The first-order chi connectivity index (χ1) is 13.6. The number of benzene rings is 2. The number of anilines is 1. The summed E-state index contributed by atoms with van der Waals surface area (Å²) in [5, 5.41) is 4.51. The molecule has 8 heteroatoms. The molecule has 5 nitrogen and oxygen atoms in total. The fraction of sp³-hybridized carbons (Fsp3) is 0.0500. The highest BCUT2D eigenvalue weighted by molar-refractivity contribution is 7.98. The molecule has 2 aromatic carbocycles. The van der Waals surface area contributed by atoms with Crippen molar-refractivity contribution in [1.29, 1.82) is 0 Å². The standard InChI is InChI=1S/C20H14FN3O2S2/c1-27-15-4-2-3-14(9-15)23-18(25)16-10-22-20-24(19(16)26)17(11-28-20)12-5-7-13(21)8-6-12/h2-11H,1H3,(H,23,25). The van der Waals surface area contributed by atoms with Gasteiger partial charge in [0, 0.05) is 22.2 Å². The Kier molecular flexibility index (Phi) is 4.97. The minimum absolute atomic E-state index is 0.0613. The zero-order chi connectivity index (χ0) is 19.7. The summed E-state index contributed by atoms with van der Waals surface area (Å²) in [6.45, 7) is 0. The first-order valence-corrected chi connectivity index (χ1v) is 10.4. The minimum atomic E-state index is -0.526. The Balaban J connectivity index is 1.74. The van der Waals surface area contributed by atoms with E-state index in [4.69, 9.17) is 0 Å². The summed E-state index contributed by atoms with van der Waals surface area (Å²) in [6.07, 6.45) is 3.23. The van der Waals surface area contributed by atoms with E-state index in [2.05, 4.69) is 10.3 Å². The summed E-state index contributed by atoms with van der Waals surface area (Å²) in [7, 11) is 0. The SMILES string of the molecule is CSc1cccc(NC(=O)c2cnc3scc(-c4ccc(F)cc4)n3c2=O)c1. The first kappa shape index (κ1) is 18.4. The maximum atomic E-state index is 13.2. The fourth-order valence-corrected chi connectivity index (χ4v) is 4.09. The van der Waals surface area contributed by atoms with Gasteiger partial charge in [-0.1, -0.05) is 6.07 Å². The lowest BCUT2D eigenvalue weighted by Gasteiger charge is -2.07. The molecule has 0 aliphatic rings. The number of halogens is 1. The van der Waals surface area contributed by atoms with E-state index in [0.717, 1.165) is 4.90 Å². The lowest BCUT2D eigenvalue weighted by atomic mass is 10.1. The normalized spacial score (nSPS) is 10.9. The summed E-state index contributed by atoms with van der Waals surface area (Å²) < 4.78 is 14.6. The van der Waals surface area contributed by atoms with Crippen LogP contribution in [-0.4, -0.2) is 21.5 Å². The van der Waals surface area contributed by atoms with Gasteiger partial charge >= 0.3 is 0 Å². The number of thiazole rings is 1. The molecular weight excluding hydrogens is 397 g/mol. The van der Waals surface area contributed by atoms with Crippen LogP contribution in [0.15, 0.2) is 69.8 Å². The van der Waals surface area contributed by atoms with Gasteiger partial charge < -0.3 is 5.32 Å². The topological polar surface area (TPSA) is 63.5 Å². The molecule has 0 radical (unpaired) electrons. The molecule has 0 aliphatic carbocycles. The molecule has 2 aromatic heterocycles. The predicted octanol–water partition coefficient (Wildman–Crippen LogP) is 4.54. The van der Waals surface area contributed by atoms with Crippen LogP contribution < -0.4 is 10.9 Å². The average molecular weight is 411 g/mol. The number of hydrogen-bond donors (Lipinski definition) is 1. The number of thioether (sulfide) groups is 1. The van der Waals surface area contributed by atoms with Crippen molar-refractivity contribution in [2.45, 2.75) is 4.90 Å². The fourth-order valence-electron chi connectivity index (χ4n) is 2.77. The molecule has 1 amide bonds. The van der Waals surface area contributed by atoms with Gasteiger partial charge in [-0.3, -0.25) is 14.0 Å². The maximum Gasteiger partial charge on any atom is 0.271 e. The molecule has 0 spiro atoms. The van der Waals surface area contributed by atoms with Crippen LogP contribution in [0.1, 0.15) is 10.4 Å². The number of carbonyl (C=O) groups is 1. The molecule has 0 aliphatic heterocycles. The molecule has 0 unspecified atom stereocenters. The monoisotopic (exact) mass is 411 g/mol. The Morgan fingerprint density at radius 1 is 1.21 bits per heavy atom. The van der Waals surface area contributed by atoms with Crippen LogP contribution >= 0.6 is 23.1 Å². The van der Waals surface area contributed by atoms with Crippen molar-refractivity contribution in [2.24, 2.45) is 0 Å². The van der Waals surface area contributed by atoms with E-state index in [0.29, 0.717) is 21.9 Å². The highest BCUT2D eigenvalue weighted by Crippen LogP contribution is 2.24. The van der Waals surface area contributed by atoms with Crippen molar-refractivity contribution in [1.82, 2.24) is 9.38 Å². The molecular formula is C20H14FN3O2S2. The summed E-state index contributed by atoms with van der Waals surface area (Å²) in [5.41, 5.74) is 1.31. The Hall–Kier alpha value is -2.97. The number of rotatable bonds is 4. The van der Waals surface area contributed by atoms with E-state index >= 15 is 0 Å². The molecule has 0 fully saturated rings. The van der Waals surface area contributed by atoms with Crippen LogP contribution in [0.4, 0.5) is 10.1 Å². The zero-order valence-electron chi connectivity index (χ0n) is 14.7. The Morgan fingerprint density at radius 2 is 2.00 bits per heavy atom. The van der Waals surface area contributed by atoms with Gasteiger partial charge in [0.25, 0.3) is 11.5 Å². The lowest BCUT2D eigenvalue weighted by molar-refractivity contribution is 0.102. The zero-order valence-corrected chi connectivity index (χ0v) is 16.3. The molecule has 0 saturated carbocycles. The van der Waals surface area contributed by atoms with E-state index in [1.54, 1.807) is 35.3 Å². The molecule has 140 valence electrons. The third-order valence-electron chi connectivity index (χ3n) is 4.16. The summed E-state index contributed by atoms with van der Waals surface area (Å²) in [6, 6.07) is 13.2. The average Bonchev–Trinajstić information content (AvgIpc) is 3.14. The van der Waals surface area contributed by atoms with Crippen molar-refractivity contribution in [3.63, 3.8) is 0 Å². The highest BCUT2D eigenvalue weighted by atomic mass is 32.2. The molecule has 0 bridgehead atoms. The number of amides is 1. The summed E-state index contributed by atoms with van der Waals surface area (Å²) in [5.74, 6) is -0.886. The highest BCUT2D eigenvalue weighted by Gasteiger charge is 2.17. The van der Waals surface area contributed by atoms with Crippen LogP contribution in [0.25, 0.3) is 16.2 Å². The van der Waals surface area contributed by atoms with Gasteiger partial charge in [0.05, 0.1) is 5.69 Å². The number of aromatic nitrogens is 2. The predicted molar refractivity (Wildman–Crippen MR) is 111 cm³/mol. The lowest BCUT2D eigenvalue weighted by Crippen LogP contribution is -2.26. The van der Waals surface area contributed by atoms with Crippen molar-refractivity contribution >= 4 is 39.7 Å². The van der Waals surface area contributed by atoms with Crippen molar-refractivity contribution < 1.29 is 9.18 Å². The van der Waals surface area contributed by atoms with Crippen LogP contribution in [-0.2, 0) is 0 Å². The number of fused-ring (bicyclic) bond motifs is 1. The Bertz CT molecular complexity index is 1230. The first-order valence-electron chi connectivity index (χ1n) is 8.27. The van der Waals surface area contributed by atoms with Crippen LogP contribution in [0.3, 0.4) is 0 Å². The molecule has 4 aromatic rings. The van der Waals surface area contributed by atoms with E-state index in [9.17, 15) is 14.0 Å². The van der Waals surface area contributed by atoms with E-state index in [1.165, 1.54) is 34.1 Å². The van der Waals surface area contributed by atoms with Crippen LogP contribution in [0.2, 0.25) is 0 Å². The van der Waals surface area contributed by atoms with Crippen molar-refractivity contribution in [3.8, 4) is 11.3 Å². The van der Waals surface area contributed by atoms with E-state index in [1.807, 2.05) is 24.5 Å². The van der Waals surface area contributed by atoms with Gasteiger partial charge in [-0.25, -0.2) is 9.37 Å². The number of nitrogens with zero attached hydrogens (tertiary/aromatic N) is 2. The van der Waals surface area contributed by atoms with Gasteiger partial charge in [-0.2, -0.15) is 0 Å². The summed E-state index contributed by atoms with van der Waals surface area (Å²) >= 11 is 2.84. The molecule has 2 heterocycles. The van der Waals surface area contributed by atoms with Crippen LogP contribution in [0, 0.1) is 5.82 Å². The second kappa shape index (κ2) is 7.57. The quantitative estimate of drug-likeness (QED) is 0.501. The minimum Gasteiger partial charge on any atom is -0.322 e. The molecule has 0 atom stereocenters.